The Labute approximate surface area is 216 Å². The quantitative estimate of drug-likeness (QED) is 0.430. The number of hydrogen-bond acceptors (Lipinski definition) is 5. The number of benzene rings is 1. The van der Waals surface area contributed by atoms with Gasteiger partial charge < -0.3 is 14.4 Å². The molecule has 4 rings (SSSR count). The van der Waals surface area contributed by atoms with E-state index in [1.54, 1.807) is 19.3 Å². The maximum Gasteiger partial charge on any atom is 0.137 e. The average molecular weight is 484 g/mol. The number of hydrogen-bond donors (Lipinski definition) is 0. The van der Waals surface area contributed by atoms with Gasteiger partial charge in [0.05, 0.1) is 7.11 Å². The molecule has 0 saturated carbocycles. The molecule has 0 fully saturated rings. The molecule has 36 heavy (non-hydrogen) atoms. The van der Waals surface area contributed by atoms with Crippen LogP contribution in [-0.2, 0) is 15.6 Å². The van der Waals surface area contributed by atoms with Gasteiger partial charge in [-0.25, -0.2) is 0 Å². The van der Waals surface area contributed by atoms with Gasteiger partial charge in [-0.3, -0.25) is 0 Å². The summed E-state index contributed by atoms with van der Waals surface area (Å²) >= 11 is 0. The van der Waals surface area contributed by atoms with E-state index in [1.807, 2.05) is 24.3 Å². The van der Waals surface area contributed by atoms with Crippen LogP contribution in [0.3, 0.4) is 0 Å². The fraction of sp³-hybridized carbons (Fsp3) is 0.484. The van der Waals surface area contributed by atoms with Crippen LogP contribution in [0.1, 0.15) is 78.0 Å². The Morgan fingerprint density at radius 1 is 1.03 bits per heavy atom. The van der Waals surface area contributed by atoms with E-state index in [-0.39, 0.29) is 21.8 Å². The third-order valence-corrected chi connectivity index (χ3v) is 7.71. The summed E-state index contributed by atoms with van der Waals surface area (Å²) in [6.45, 7) is 17.6. The van der Waals surface area contributed by atoms with E-state index in [0.29, 0.717) is 17.1 Å². The number of ether oxygens (including phenoxy) is 2. The van der Waals surface area contributed by atoms with Crippen molar-refractivity contribution in [3.8, 4) is 17.9 Å². The standard InChI is InChI=1S/C31H37N3O2/c1-29(2,3)25-17-21(22(18-32)19-33)15-23(36-25)10-9-20-16-24-27-26(28(20)35-8)31(6,7)12-14-34(27)13-11-30(24,4)5/h9-10,15-17H,11-14H2,1-8H3/b10-9+. The second-order valence-electron chi connectivity index (χ2n) is 12.3. The van der Waals surface area contributed by atoms with Crippen molar-refractivity contribution in [1.82, 2.24) is 0 Å². The Morgan fingerprint density at radius 2 is 1.67 bits per heavy atom. The van der Waals surface area contributed by atoms with Crippen molar-refractivity contribution in [3.05, 3.63) is 63.6 Å². The van der Waals surface area contributed by atoms with E-state index >= 15 is 0 Å². The molecule has 1 aromatic carbocycles. The van der Waals surface area contributed by atoms with Crippen molar-refractivity contribution in [2.75, 3.05) is 25.1 Å². The predicted octanol–water partition coefficient (Wildman–Crippen LogP) is 7.07. The minimum atomic E-state index is -0.278. The van der Waals surface area contributed by atoms with Gasteiger partial charge in [-0.2, -0.15) is 10.5 Å². The van der Waals surface area contributed by atoms with Gasteiger partial charge in [-0.05, 0) is 59.6 Å². The summed E-state index contributed by atoms with van der Waals surface area (Å²) < 4.78 is 12.3. The lowest BCUT2D eigenvalue weighted by atomic mass is 9.68. The first-order valence-corrected chi connectivity index (χ1v) is 12.7. The van der Waals surface area contributed by atoms with Crippen LogP contribution < -0.4 is 9.64 Å². The summed E-state index contributed by atoms with van der Waals surface area (Å²) in [7, 11) is 1.75. The molecule has 0 N–H and O–H groups in total. The van der Waals surface area contributed by atoms with E-state index in [4.69, 9.17) is 9.47 Å². The lowest BCUT2D eigenvalue weighted by Gasteiger charge is -2.48. The molecule has 5 heteroatoms. The third-order valence-electron chi connectivity index (χ3n) is 7.71. The molecule has 0 amide bonds. The highest BCUT2D eigenvalue weighted by molar-refractivity contribution is 5.78. The van der Waals surface area contributed by atoms with E-state index in [2.05, 4.69) is 59.4 Å². The van der Waals surface area contributed by atoms with Gasteiger partial charge >= 0.3 is 0 Å². The summed E-state index contributed by atoms with van der Waals surface area (Å²) in [5, 5.41) is 18.9. The SMILES string of the molecule is COc1c(/C=C/C2=CC(=C(C#N)C#N)C=C(C(C)(C)C)O2)cc2c3c1C(C)(C)CCN3CCC2(C)C. The molecule has 0 radical (unpaired) electrons. The first-order valence-electron chi connectivity index (χ1n) is 12.7. The highest BCUT2D eigenvalue weighted by Crippen LogP contribution is 2.53. The van der Waals surface area contributed by atoms with Gasteiger partial charge in [0.1, 0.15) is 35.0 Å². The molecule has 0 spiro atoms. The van der Waals surface area contributed by atoms with Crippen molar-refractivity contribution in [2.24, 2.45) is 5.41 Å². The molecular formula is C31H37N3O2. The Kier molecular flexibility index (Phi) is 6.34. The van der Waals surface area contributed by atoms with Gasteiger partial charge in [0.2, 0.25) is 0 Å². The number of anilines is 1. The van der Waals surface area contributed by atoms with E-state index in [9.17, 15) is 10.5 Å². The summed E-state index contributed by atoms with van der Waals surface area (Å²) in [5.74, 6) is 2.22. The number of allylic oxidation sites excluding steroid dienone is 6. The van der Waals surface area contributed by atoms with Crippen LogP contribution in [0.15, 0.2) is 47.0 Å². The van der Waals surface area contributed by atoms with Crippen molar-refractivity contribution in [2.45, 2.75) is 72.1 Å². The monoisotopic (exact) mass is 483 g/mol. The zero-order valence-corrected chi connectivity index (χ0v) is 22.9. The highest BCUT2D eigenvalue weighted by Gasteiger charge is 2.42. The van der Waals surface area contributed by atoms with Gasteiger partial charge in [-0.15, -0.1) is 0 Å². The van der Waals surface area contributed by atoms with Crippen LogP contribution in [0.25, 0.3) is 6.08 Å². The molecule has 3 aliphatic rings. The third kappa shape index (κ3) is 4.44. The zero-order valence-electron chi connectivity index (χ0n) is 22.9. The van der Waals surface area contributed by atoms with Crippen LogP contribution in [0, 0.1) is 28.1 Å². The molecule has 188 valence electrons. The Morgan fingerprint density at radius 3 is 2.25 bits per heavy atom. The Balaban J connectivity index is 1.87. The second-order valence-corrected chi connectivity index (χ2v) is 12.3. The lowest BCUT2D eigenvalue weighted by Crippen LogP contribution is -2.45. The maximum absolute atomic E-state index is 9.46. The van der Waals surface area contributed by atoms with Gasteiger partial charge in [0, 0.05) is 40.9 Å². The van der Waals surface area contributed by atoms with E-state index in [1.165, 1.54) is 16.8 Å². The summed E-state index contributed by atoms with van der Waals surface area (Å²) in [6.07, 6.45) is 9.72. The number of nitrogens with zero attached hydrogens (tertiary/aromatic N) is 3. The van der Waals surface area contributed by atoms with Crippen LogP contribution in [0.2, 0.25) is 0 Å². The van der Waals surface area contributed by atoms with Crippen molar-refractivity contribution in [1.29, 1.82) is 10.5 Å². The molecule has 0 aromatic heterocycles. The minimum absolute atomic E-state index is 0.00363. The molecule has 0 atom stereocenters. The maximum atomic E-state index is 9.46. The smallest absolute Gasteiger partial charge is 0.137 e. The van der Waals surface area contributed by atoms with E-state index < -0.39 is 0 Å². The number of rotatable bonds is 3. The Bertz CT molecular complexity index is 1280. The number of methoxy groups -OCH3 is 1. The normalized spacial score (nSPS) is 19.9. The molecule has 0 unspecified atom stereocenters. The largest absolute Gasteiger partial charge is 0.496 e. The van der Waals surface area contributed by atoms with Crippen molar-refractivity contribution < 1.29 is 9.47 Å². The minimum Gasteiger partial charge on any atom is -0.496 e. The fourth-order valence-corrected chi connectivity index (χ4v) is 5.36. The topological polar surface area (TPSA) is 69.3 Å². The van der Waals surface area contributed by atoms with Crippen LogP contribution in [0.5, 0.6) is 5.75 Å². The lowest BCUT2D eigenvalue weighted by molar-refractivity contribution is 0.223. The molecule has 3 heterocycles. The molecule has 0 bridgehead atoms. The van der Waals surface area contributed by atoms with Crippen LogP contribution >= 0.6 is 0 Å². The molecular weight excluding hydrogens is 446 g/mol. The van der Waals surface area contributed by atoms with Crippen molar-refractivity contribution in [3.63, 3.8) is 0 Å². The first kappa shape index (κ1) is 25.6. The fourth-order valence-electron chi connectivity index (χ4n) is 5.36. The first-order chi connectivity index (χ1) is 16.8. The van der Waals surface area contributed by atoms with Gasteiger partial charge in [0.15, 0.2) is 0 Å². The second kappa shape index (κ2) is 8.90. The highest BCUT2D eigenvalue weighted by atomic mass is 16.5. The van der Waals surface area contributed by atoms with Crippen LogP contribution in [-0.4, -0.2) is 20.2 Å². The zero-order chi connectivity index (χ0) is 26.5. The van der Waals surface area contributed by atoms with Gasteiger partial charge in [0.25, 0.3) is 0 Å². The Hall–Kier alpha value is -3.44. The molecule has 1 aromatic rings. The summed E-state index contributed by atoms with van der Waals surface area (Å²) in [4.78, 5) is 2.53. The molecule has 0 aliphatic carbocycles. The average Bonchev–Trinajstić information content (AvgIpc) is 2.81. The summed E-state index contributed by atoms with van der Waals surface area (Å²) in [6, 6.07) is 6.29. The van der Waals surface area contributed by atoms with Gasteiger partial charge in [-0.1, -0.05) is 48.5 Å². The van der Waals surface area contributed by atoms with Crippen LogP contribution in [0.4, 0.5) is 5.69 Å². The van der Waals surface area contributed by atoms with Crippen molar-refractivity contribution >= 4 is 11.8 Å². The molecule has 5 nitrogen and oxygen atoms in total. The molecule has 3 aliphatic heterocycles. The number of nitriles is 2. The molecule has 0 saturated heterocycles. The predicted molar refractivity (Wildman–Crippen MR) is 144 cm³/mol. The summed E-state index contributed by atoms with van der Waals surface area (Å²) in [5.41, 5.74) is 5.44. The van der Waals surface area contributed by atoms with E-state index in [0.717, 1.165) is 37.2 Å².